The fourth-order valence-electron chi connectivity index (χ4n) is 1.53. The molecule has 0 aliphatic heterocycles. The average molecular weight is 340 g/mol. The van der Waals surface area contributed by atoms with Gasteiger partial charge in [0.15, 0.2) is 5.69 Å². The molecule has 96 valence electrons. The molecule has 2 rings (SSSR count). The lowest BCUT2D eigenvalue weighted by molar-refractivity contribution is -0.144. The molecule has 0 saturated heterocycles. The molecule has 0 N–H and O–H groups in total. The highest BCUT2D eigenvalue weighted by Crippen LogP contribution is 2.34. The minimum atomic E-state index is -4.44. The first-order valence-corrected chi connectivity index (χ1v) is 6.08. The highest BCUT2D eigenvalue weighted by atomic mass is 79.9. The van der Waals surface area contributed by atoms with E-state index < -0.39 is 11.9 Å². The molecule has 0 fully saturated rings. The van der Waals surface area contributed by atoms with E-state index in [1.165, 1.54) is 0 Å². The third-order valence-electron chi connectivity index (χ3n) is 2.31. The Hall–Kier alpha value is -1.01. The number of alkyl halides is 3. The molecule has 0 radical (unpaired) electrons. The third-order valence-corrected chi connectivity index (χ3v) is 3.14. The molecule has 0 atom stereocenters. The van der Waals surface area contributed by atoms with Gasteiger partial charge in [-0.3, -0.25) is 4.68 Å². The first-order chi connectivity index (χ1) is 8.38. The molecule has 1 aromatic carbocycles. The van der Waals surface area contributed by atoms with Crippen LogP contribution in [0.4, 0.5) is 13.2 Å². The summed E-state index contributed by atoms with van der Waals surface area (Å²) in [6.07, 6.45) is -3.31. The SMILES string of the molecule is FC(F)(F)c1c(Br)cnn1Cc1ccc(Cl)cc1. The highest BCUT2D eigenvalue weighted by molar-refractivity contribution is 9.10. The molecular weight excluding hydrogens is 332 g/mol. The summed E-state index contributed by atoms with van der Waals surface area (Å²) < 4.78 is 39.2. The second kappa shape index (κ2) is 4.93. The van der Waals surface area contributed by atoms with Gasteiger partial charge in [0.05, 0.1) is 17.2 Å². The van der Waals surface area contributed by atoms with Gasteiger partial charge in [-0.1, -0.05) is 23.7 Å². The molecular formula is C11H7BrClF3N2. The number of rotatable bonds is 2. The van der Waals surface area contributed by atoms with E-state index in [0.717, 1.165) is 10.9 Å². The lowest BCUT2D eigenvalue weighted by atomic mass is 10.2. The number of hydrogen-bond acceptors (Lipinski definition) is 1. The Bertz CT molecular complexity index is 548. The molecule has 0 unspecified atom stereocenters. The number of aromatic nitrogens is 2. The van der Waals surface area contributed by atoms with Crippen molar-refractivity contribution in [1.82, 2.24) is 9.78 Å². The molecule has 0 saturated carbocycles. The van der Waals surface area contributed by atoms with Gasteiger partial charge in [0.2, 0.25) is 0 Å². The minimum absolute atomic E-state index is 0.0393. The monoisotopic (exact) mass is 338 g/mol. The van der Waals surface area contributed by atoms with Crippen molar-refractivity contribution in [3.05, 3.63) is 51.2 Å². The molecule has 0 aliphatic carbocycles. The van der Waals surface area contributed by atoms with Crippen LogP contribution in [0.3, 0.4) is 0 Å². The average Bonchev–Trinajstić information content (AvgIpc) is 2.63. The maximum Gasteiger partial charge on any atom is 0.434 e. The van der Waals surface area contributed by atoms with E-state index in [1.807, 2.05) is 0 Å². The van der Waals surface area contributed by atoms with Crippen LogP contribution in [0.1, 0.15) is 11.3 Å². The topological polar surface area (TPSA) is 17.8 Å². The maximum absolute atomic E-state index is 12.8. The zero-order chi connectivity index (χ0) is 13.3. The standard InChI is InChI=1S/C11H7BrClF3N2/c12-9-5-17-18(10(9)11(14,15)16)6-7-1-3-8(13)4-2-7/h1-5H,6H2. The number of nitrogens with zero attached hydrogens (tertiary/aromatic N) is 2. The molecule has 0 amide bonds. The van der Waals surface area contributed by atoms with Crippen molar-refractivity contribution < 1.29 is 13.2 Å². The molecule has 2 nitrogen and oxygen atoms in total. The Morgan fingerprint density at radius 2 is 1.83 bits per heavy atom. The van der Waals surface area contributed by atoms with E-state index in [0.29, 0.717) is 10.6 Å². The minimum Gasteiger partial charge on any atom is -0.255 e. The Labute approximate surface area is 114 Å². The lowest BCUT2D eigenvalue weighted by Crippen LogP contribution is -2.15. The summed E-state index contributed by atoms with van der Waals surface area (Å²) in [5, 5.41) is 4.26. The maximum atomic E-state index is 12.8. The van der Waals surface area contributed by atoms with Crippen LogP contribution in [0.2, 0.25) is 5.02 Å². The van der Waals surface area contributed by atoms with Crippen LogP contribution in [-0.2, 0) is 12.7 Å². The van der Waals surface area contributed by atoms with Gasteiger partial charge in [0, 0.05) is 5.02 Å². The number of hydrogen-bond donors (Lipinski definition) is 0. The fraction of sp³-hybridized carbons (Fsp3) is 0.182. The van der Waals surface area contributed by atoms with Crippen LogP contribution in [0, 0.1) is 0 Å². The van der Waals surface area contributed by atoms with Crippen molar-refractivity contribution in [2.24, 2.45) is 0 Å². The van der Waals surface area contributed by atoms with Crippen LogP contribution >= 0.6 is 27.5 Å². The van der Waals surface area contributed by atoms with Gasteiger partial charge >= 0.3 is 6.18 Å². The molecule has 7 heteroatoms. The summed E-state index contributed by atoms with van der Waals surface area (Å²) in [4.78, 5) is 0. The summed E-state index contributed by atoms with van der Waals surface area (Å²) in [6, 6.07) is 6.58. The zero-order valence-electron chi connectivity index (χ0n) is 8.88. The summed E-state index contributed by atoms with van der Waals surface area (Å²) in [5.41, 5.74) is -0.0991. The Balaban J connectivity index is 2.33. The van der Waals surface area contributed by atoms with Crippen LogP contribution < -0.4 is 0 Å². The van der Waals surface area contributed by atoms with Crippen molar-refractivity contribution in [1.29, 1.82) is 0 Å². The molecule has 2 aromatic rings. The molecule has 0 aliphatic rings. The Morgan fingerprint density at radius 3 is 2.39 bits per heavy atom. The Morgan fingerprint density at radius 1 is 1.22 bits per heavy atom. The largest absolute Gasteiger partial charge is 0.434 e. The van der Waals surface area contributed by atoms with Gasteiger partial charge in [-0.05, 0) is 33.6 Å². The summed E-state index contributed by atoms with van der Waals surface area (Å²) in [6.45, 7) is 0.0393. The van der Waals surface area contributed by atoms with E-state index >= 15 is 0 Å². The van der Waals surface area contributed by atoms with E-state index in [1.54, 1.807) is 24.3 Å². The van der Waals surface area contributed by atoms with Crippen LogP contribution in [-0.4, -0.2) is 9.78 Å². The molecule has 18 heavy (non-hydrogen) atoms. The second-order valence-corrected chi connectivity index (χ2v) is 4.91. The van der Waals surface area contributed by atoms with Crippen LogP contribution in [0.5, 0.6) is 0 Å². The van der Waals surface area contributed by atoms with Crippen molar-refractivity contribution in [3.8, 4) is 0 Å². The lowest BCUT2D eigenvalue weighted by Gasteiger charge is -2.11. The van der Waals surface area contributed by atoms with Gasteiger partial charge in [-0.25, -0.2) is 0 Å². The Kier molecular flexibility index (Phi) is 3.68. The number of benzene rings is 1. The first-order valence-electron chi connectivity index (χ1n) is 4.91. The van der Waals surface area contributed by atoms with Crippen LogP contribution in [0.15, 0.2) is 34.9 Å². The quantitative estimate of drug-likeness (QED) is 0.794. The van der Waals surface area contributed by atoms with E-state index in [2.05, 4.69) is 21.0 Å². The summed E-state index contributed by atoms with van der Waals surface area (Å²) in [5.74, 6) is 0. The fourth-order valence-corrected chi connectivity index (χ4v) is 2.17. The van der Waals surface area contributed by atoms with Gasteiger partial charge in [0.1, 0.15) is 0 Å². The summed E-state index contributed by atoms with van der Waals surface area (Å²) >= 11 is 8.57. The van der Waals surface area contributed by atoms with E-state index in [9.17, 15) is 13.2 Å². The molecule has 0 bridgehead atoms. The van der Waals surface area contributed by atoms with E-state index in [4.69, 9.17) is 11.6 Å². The van der Waals surface area contributed by atoms with Gasteiger partial charge in [-0.15, -0.1) is 0 Å². The van der Waals surface area contributed by atoms with Gasteiger partial charge < -0.3 is 0 Å². The van der Waals surface area contributed by atoms with Crippen molar-refractivity contribution >= 4 is 27.5 Å². The molecule has 0 spiro atoms. The third kappa shape index (κ3) is 2.87. The second-order valence-electron chi connectivity index (χ2n) is 3.62. The number of halogens is 5. The predicted molar refractivity (Wildman–Crippen MR) is 65.5 cm³/mol. The van der Waals surface area contributed by atoms with Crippen LogP contribution in [0.25, 0.3) is 0 Å². The van der Waals surface area contributed by atoms with Crippen molar-refractivity contribution in [2.45, 2.75) is 12.7 Å². The van der Waals surface area contributed by atoms with Crippen molar-refractivity contribution in [2.75, 3.05) is 0 Å². The van der Waals surface area contributed by atoms with E-state index in [-0.39, 0.29) is 11.0 Å². The van der Waals surface area contributed by atoms with Gasteiger partial charge in [-0.2, -0.15) is 18.3 Å². The van der Waals surface area contributed by atoms with Crippen molar-refractivity contribution in [3.63, 3.8) is 0 Å². The normalized spacial score (nSPS) is 11.8. The summed E-state index contributed by atoms with van der Waals surface area (Å²) in [7, 11) is 0. The smallest absolute Gasteiger partial charge is 0.255 e. The first kappa shape index (κ1) is 13.4. The molecule has 1 aromatic heterocycles. The molecule has 1 heterocycles. The predicted octanol–water partition coefficient (Wildman–Crippen LogP) is 4.37. The highest BCUT2D eigenvalue weighted by Gasteiger charge is 2.37. The zero-order valence-corrected chi connectivity index (χ0v) is 11.2. The van der Waals surface area contributed by atoms with Gasteiger partial charge in [0.25, 0.3) is 0 Å².